The molecule has 0 unspecified atom stereocenters. The number of aryl methyl sites for hydroxylation is 2. The third kappa shape index (κ3) is 3.41. The molecule has 0 atom stereocenters. The van der Waals surface area contributed by atoms with Crippen molar-refractivity contribution in [3.05, 3.63) is 105 Å². The van der Waals surface area contributed by atoms with Crippen molar-refractivity contribution in [1.82, 2.24) is 4.90 Å². The first kappa shape index (κ1) is 20.5. The molecule has 0 bridgehead atoms. The van der Waals surface area contributed by atoms with Gasteiger partial charge >= 0.3 is 0 Å². The zero-order chi connectivity index (χ0) is 22.4. The molecule has 2 heterocycles. The molecule has 5 rings (SSSR count). The van der Waals surface area contributed by atoms with Crippen molar-refractivity contribution in [3.8, 4) is 0 Å². The van der Waals surface area contributed by atoms with Gasteiger partial charge in [0, 0.05) is 18.1 Å². The topological polar surface area (TPSA) is 40.6 Å². The fourth-order valence-electron chi connectivity index (χ4n) is 4.48. The van der Waals surface area contributed by atoms with Crippen LogP contribution in [0.25, 0.3) is 5.57 Å². The van der Waals surface area contributed by atoms with E-state index in [1.54, 1.807) is 24.3 Å². The van der Waals surface area contributed by atoms with Crippen molar-refractivity contribution < 1.29 is 9.59 Å². The molecule has 32 heavy (non-hydrogen) atoms. The number of nitrogens with zero attached hydrogens (tertiary/aromatic N) is 2. The summed E-state index contributed by atoms with van der Waals surface area (Å²) in [5.41, 5.74) is 6.96. The largest absolute Gasteiger partial charge is 0.362 e. The second-order valence-electron chi connectivity index (χ2n) is 8.39. The first-order valence-electron chi connectivity index (χ1n) is 10.7. The number of halogens is 1. The molecule has 2 aliphatic heterocycles. The van der Waals surface area contributed by atoms with Crippen molar-refractivity contribution in [2.75, 3.05) is 11.4 Å². The Labute approximate surface area is 192 Å². The summed E-state index contributed by atoms with van der Waals surface area (Å²) in [4.78, 5) is 30.7. The molecule has 4 nitrogen and oxygen atoms in total. The van der Waals surface area contributed by atoms with Gasteiger partial charge in [0.25, 0.3) is 11.8 Å². The van der Waals surface area contributed by atoms with Crippen LogP contribution < -0.4 is 4.90 Å². The van der Waals surface area contributed by atoms with Crippen LogP contribution in [0.1, 0.15) is 27.8 Å². The van der Waals surface area contributed by atoms with Crippen LogP contribution in [0, 0.1) is 13.8 Å². The molecule has 3 aromatic rings. The second-order valence-corrected chi connectivity index (χ2v) is 8.82. The second kappa shape index (κ2) is 7.95. The lowest BCUT2D eigenvalue weighted by atomic mass is 9.96. The summed E-state index contributed by atoms with van der Waals surface area (Å²) in [5.74, 6) is -0.584. The standard InChI is InChI=1S/C27H23ClN2O2/c1-17-7-8-20(15-18(17)2)24-25(29-14-13-19-5-3-4-6-21(19)16-29)27(32)30(26(24)31)23-11-9-22(28)10-12-23/h3-12,15H,13-14,16H2,1-2H3. The number of fused-ring (bicyclic) bond motifs is 1. The van der Waals surface area contributed by atoms with Crippen LogP contribution in [0.4, 0.5) is 5.69 Å². The van der Waals surface area contributed by atoms with Crippen LogP contribution in [0.3, 0.4) is 0 Å². The molecule has 2 aliphatic rings. The minimum absolute atomic E-state index is 0.287. The molecule has 0 N–H and O–H groups in total. The maximum Gasteiger partial charge on any atom is 0.282 e. The van der Waals surface area contributed by atoms with Gasteiger partial charge in [-0.25, -0.2) is 4.90 Å². The maximum atomic E-state index is 13.7. The predicted molar refractivity (Wildman–Crippen MR) is 127 cm³/mol. The lowest BCUT2D eigenvalue weighted by Crippen LogP contribution is -2.37. The number of carbonyl (C=O) groups excluding carboxylic acids is 2. The van der Waals surface area contributed by atoms with Gasteiger partial charge in [-0.3, -0.25) is 9.59 Å². The van der Waals surface area contributed by atoms with E-state index in [2.05, 4.69) is 17.0 Å². The number of imide groups is 1. The van der Waals surface area contributed by atoms with Crippen molar-refractivity contribution in [1.29, 1.82) is 0 Å². The molecular weight excluding hydrogens is 420 g/mol. The first-order chi connectivity index (χ1) is 15.4. The van der Waals surface area contributed by atoms with Crippen molar-refractivity contribution >= 4 is 34.7 Å². The van der Waals surface area contributed by atoms with E-state index in [0.29, 0.717) is 35.1 Å². The highest BCUT2D eigenvalue weighted by Gasteiger charge is 2.43. The zero-order valence-corrected chi connectivity index (χ0v) is 18.8. The third-order valence-corrected chi connectivity index (χ3v) is 6.64. The Bertz CT molecular complexity index is 1280. The van der Waals surface area contributed by atoms with Gasteiger partial charge in [0.15, 0.2) is 0 Å². The van der Waals surface area contributed by atoms with E-state index in [1.165, 1.54) is 16.0 Å². The van der Waals surface area contributed by atoms with E-state index in [9.17, 15) is 9.59 Å². The molecule has 160 valence electrons. The van der Waals surface area contributed by atoms with Crippen LogP contribution >= 0.6 is 11.6 Å². The number of hydrogen-bond acceptors (Lipinski definition) is 3. The van der Waals surface area contributed by atoms with Crippen molar-refractivity contribution in [3.63, 3.8) is 0 Å². The summed E-state index contributed by atoms with van der Waals surface area (Å²) in [6.45, 7) is 5.35. The molecule has 0 aromatic heterocycles. The lowest BCUT2D eigenvalue weighted by molar-refractivity contribution is -0.120. The summed E-state index contributed by atoms with van der Waals surface area (Å²) >= 11 is 6.04. The first-order valence-corrected chi connectivity index (χ1v) is 11.1. The summed E-state index contributed by atoms with van der Waals surface area (Å²) < 4.78 is 0. The SMILES string of the molecule is Cc1ccc(C2=C(N3CCc4ccccc4C3)C(=O)N(c3ccc(Cl)cc3)C2=O)cc1C. The molecule has 0 saturated carbocycles. The molecular formula is C27H23ClN2O2. The van der Waals surface area contributed by atoms with E-state index in [-0.39, 0.29) is 11.8 Å². The summed E-state index contributed by atoms with van der Waals surface area (Å²) in [5, 5.41) is 0.558. The van der Waals surface area contributed by atoms with Gasteiger partial charge in [-0.15, -0.1) is 0 Å². The molecule has 0 fully saturated rings. The molecule has 0 spiro atoms. The Morgan fingerprint density at radius 1 is 0.812 bits per heavy atom. The summed E-state index contributed by atoms with van der Waals surface area (Å²) in [6.07, 6.45) is 0.836. The third-order valence-electron chi connectivity index (χ3n) is 6.39. The smallest absolute Gasteiger partial charge is 0.282 e. The van der Waals surface area contributed by atoms with Crippen molar-refractivity contribution in [2.45, 2.75) is 26.8 Å². The fourth-order valence-corrected chi connectivity index (χ4v) is 4.61. The molecule has 0 saturated heterocycles. The van der Waals surface area contributed by atoms with E-state index in [4.69, 9.17) is 11.6 Å². The highest BCUT2D eigenvalue weighted by molar-refractivity contribution is 6.45. The van der Waals surface area contributed by atoms with Gasteiger partial charge < -0.3 is 4.90 Å². The fraction of sp³-hybridized carbons (Fsp3) is 0.185. The molecule has 2 amide bonds. The van der Waals surface area contributed by atoms with Gasteiger partial charge in [0.2, 0.25) is 0 Å². The van der Waals surface area contributed by atoms with E-state index < -0.39 is 0 Å². The summed E-state index contributed by atoms with van der Waals surface area (Å²) in [6, 6.07) is 21.0. The molecule has 0 radical (unpaired) electrons. The maximum absolute atomic E-state index is 13.7. The van der Waals surface area contributed by atoms with Gasteiger partial charge in [-0.1, -0.05) is 54.1 Å². The van der Waals surface area contributed by atoms with Crippen LogP contribution in [0.5, 0.6) is 0 Å². The van der Waals surface area contributed by atoms with Crippen molar-refractivity contribution in [2.24, 2.45) is 0 Å². The van der Waals surface area contributed by atoms with Crippen LogP contribution in [-0.2, 0) is 22.6 Å². The number of anilines is 1. The Morgan fingerprint density at radius 2 is 1.53 bits per heavy atom. The number of benzene rings is 3. The van der Waals surface area contributed by atoms with Gasteiger partial charge in [-0.05, 0) is 72.4 Å². The van der Waals surface area contributed by atoms with E-state index >= 15 is 0 Å². The molecule has 5 heteroatoms. The average Bonchev–Trinajstić information content (AvgIpc) is 3.06. The van der Waals surface area contributed by atoms with Crippen LogP contribution in [0.15, 0.2) is 72.4 Å². The lowest BCUT2D eigenvalue weighted by Gasteiger charge is -2.31. The highest BCUT2D eigenvalue weighted by Crippen LogP contribution is 2.37. The Hall–Kier alpha value is -3.37. The van der Waals surface area contributed by atoms with Crippen LogP contribution in [0.2, 0.25) is 5.02 Å². The zero-order valence-electron chi connectivity index (χ0n) is 18.1. The van der Waals surface area contributed by atoms with E-state index in [1.807, 2.05) is 44.2 Å². The number of hydrogen-bond donors (Lipinski definition) is 0. The van der Waals surface area contributed by atoms with Crippen LogP contribution in [-0.4, -0.2) is 23.3 Å². The van der Waals surface area contributed by atoms with Gasteiger partial charge in [0.05, 0.1) is 11.3 Å². The van der Waals surface area contributed by atoms with Gasteiger partial charge in [0.1, 0.15) is 5.70 Å². The Morgan fingerprint density at radius 3 is 2.25 bits per heavy atom. The minimum atomic E-state index is -0.297. The number of carbonyl (C=O) groups is 2. The Balaban J connectivity index is 1.63. The number of rotatable bonds is 3. The summed E-state index contributed by atoms with van der Waals surface area (Å²) in [7, 11) is 0. The highest BCUT2D eigenvalue weighted by atomic mass is 35.5. The minimum Gasteiger partial charge on any atom is -0.362 e. The molecule has 3 aromatic carbocycles. The average molecular weight is 443 g/mol. The predicted octanol–water partition coefficient (Wildman–Crippen LogP) is 5.30. The Kier molecular flexibility index (Phi) is 5.10. The number of amides is 2. The monoisotopic (exact) mass is 442 g/mol. The quantitative estimate of drug-likeness (QED) is 0.517. The molecule has 0 aliphatic carbocycles. The van der Waals surface area contributed by atoms with E-state index in [0.717, 1.165) is 23.1 Å². The normalized spacial score (nSPS) is 16.1. The van der Waals surface area contributed by atoms with Gasteiger partial charge in [-0.2, -0.15) is 0 Å².